The number of nitrogens with one attached hydrogen (secondary N) is 2. The first-order chi connectivity index (χ1) is 15.6. The number of aliphatic imine (C=N–C) groups is 1. The van der Waals surface area contributed by atoms with Gasteiger partial charge in [0.1, 0.15) is 17.5 Å². The van der Waals surface area contributed by atoms with Gasteiger partial charge in [-0.15, -0.1) is 0 Å². The minimum absolute atomic E-state index is 0.134. The number of guanidine groups is 1. The summed E-state index contributed by atoms with van der Waals surface area (Å²) in [6.45, 7) is 11.2. The number of hydrogen-bond acceptors (Lipinski definition) is 5. The fourth-order valence-corrected chi connectivity index (χ4v) is 4.50. The highest BCUT2D eigenvalue weighted by atomic mass is 19.1. The molecular formula is C23H35FN8. The molecule has 32 heavy (non-hydrogen) atoms. The predicted molar refractivity (Wildman–Crippen MR) is 126 cm³/mol. The molecule has 2 aliphatic heterocycles. The van der Waals surface area contributed by atoms with Crippen molar-refractivity contribution in [2.45, 2.75) is 45.7 Å². The first-order valence-electron chi connectivity index (χ1n) is 11.8. The lowest BCUT2D eigenvalue weighted by atomic mass is 10.1. The topological polar surface area (TPSA) is 73.6 Å². The number of para-hydroxylation sites is 1. The Kier molecular flexibility index (Phi) is 7.57. The van der Waals surface area contributed by atoms with Crippen LogP contribution in [0.2, 0.25) is 0 Å². The molecule has 0 aliphatic carbocycles. The van der Waals surface area contributed by atoms with Crippen molar-refractivity contribution < 1.29 is 4.39 Å². The normalized spacial score (nSPS) is 19.7. The number of piperazine rings is 1. The molecule has 1 aromatic carbocycles. The zero-order chi connectivity index (χ0) is 22.3. The van der Waals surface area contributed by atoms with Crippen LogP contribution in [0.3, 0.4) is 0 Å². The van der Waals surface area contributed by atoms with Crippen LogP contribution in [-0.4, -0.2) is 71.4 Å². The Hall–Kier alpha value is -2.68. The SMILES string of the molecule is CCNC(=NCCCN1CCN(c2ccccc2F)CC1)NC1CCCn2nc(C)nc21. The molecule has 9 heteroatoms. The minimum Gasteiger partial charge on any atom is -0.367 e. The van der Waals surface area contributed by atoms with Crippen LogP contribution in [-0.2, 0) is 6.54 Å². The molecule has 0 radical (unpaired) electrons. The summed E-state index contributed by atoms with van der Waals surface area (Å²) in [4.78, 5) is 14.0. The lowest BCUT2D eigenvalue weighted by molar-refractivity contribution is 0.256. The van der Waals surface area contributed by atoms with E-state index >= 15 is 0 Å². The Morgan fingerprint density at radius 2 is 2.00 bits per heavy atom. The summed E-state index contributed by atoms with van der Waals surface area (Å²) < 4.78 is 16.0. The van der Waals surface area contributed by atoms with E-state index in [1.807, 2.05) is 23.7 Å². The number of fused-ring (bicyclic) bond motifs is 1. The molecule has 1 saturated heterocycles. The smallest absolute Gasteiger partial charge is 0.191 e. The second-order valence-electron chi connectivity index (χ2n) is 8.47. The molecule has 1 atom stereocenters. The van der Waals surface area contributed by atoms with Gasteiger partial charge in [-0.05, 0) is 45.2 Å². The summed E-state index contributed by atoms with van der Waals surface area (Å²) in [6.07, 6.45) is 3.12. The molecule has 2 aromatic rings. The van der Waals surface area contributed by atoms with Gasteiger partial charge in [0.05, 0.1) is 11.7 Å². The Balaban J connectivity index is 1.23. The van der Waals surface area contributed by atoms with Crippen LogP contribution in [0.15, 0.2) is 29.3 Å². The van der Waals surface area contributed by atoms with Crippen molar-refractivity contribution in [3.8, 4) is 0 Å². The van der Waals surface area contributed by atoms with Crippen LogP contribution in [0.4, 0.5) is 10.1 Å². The summed E-state index contributed by atoms with van der Waals surface area (Å²) in [7, 11) is 0. The monoisotopic (exact) mass is 442 g/mol. The summed E-state index contributed by atoms with van der Waals surface area (Å²) >= 11 is 0. The first-order valence-corrected chi connectivity index (χ1v) is 11.8. The average molecular weight is 443 g/mol. The average Bonchev–Trinajstić information content (AvgIpc) is 3.19. The van der Waals surface area contributed by atoms with Crippen LogP contribution in [0, 0.1) is 12.7 Å². The van der Waals surface area contributed by atoms with E-state index in [2.05, 4.69) is 37.4 Å². The lowest BCUT2D eigenvalue weighted by Gasteiger charge is -2.36. The van der Waals surface area contributed by atoms with E-state index in [0.717, 1.165) is 89.2 Å². The molecule has 0 saturated carbocycles. The molecule has 0 bridgehead atoms. The molecule has 3 heterocycles. The second kappa shape index (κ2) is 10.8. The molecule has 4 rings (SSSR count). The van der Waals surface area contributed by atoms with Crippen molar-refractivity contribution in [3.63, 3.8) is 0 Å². The van der Waals surface area contributed by atoms with Gasteiger partial charge < -0.3 is 15.5 Å². The number of halogens is 1. The Morgan fingerprint density at radius 3 is 2.78 bits per heavy atom. The standard InChI is InChI=1S/C23H35FN8/c1-3-25-23(28-20-9-6-13-32-22(20)27-18(2)29-32)26-11-7-12-30-14-16-31(17-15-30)21-10-5-4-8-19(21)24/h4-5,8,10,20H,3,6-7,9,11-17H2,1-2H3,(H2,25,26,28). The van der Waals surface area contributed by atoms with E-state index in [0.29, 0.717) is 5.69 Å². The van der Waals surface area contributed by atoms with Gasteiger partial charge in [-0.3, -0.25) is 9.89 Å². The Morgan fingerprint density at radius 1 is 1.19 bits per heavy atom. The fourth-order valence-electron chi connectivity index (χ4n) is 4.50. The number of benzene rings is 1. The number of nitrogens with zero attached hydrogens (tertiary/aromatic N) is 6. The molecule has 1 aromatic heterocycles. The molecule has 0 amide bonds. The van der Waals surface area contributed by atoms with E-state index < -0.39 is 0 Å². The largest absolute Gasteiger partial charge is 0.367 e. The Bertz CT molecular complexity index is 903. The number of aryl methyl sites for hydroxylation is 2. The predicted octanol–water partition coefficient (Wildman–Crippen LogP) is 2.33. The van der Waals surface area contributed by atoms with Crippen molar-refractivity contribution >= 4 is 11.6 Å². The van der Waals surface area contributed by atoms with Crippen molar-refractivity contribution in [1.82, 2.24) is 30.3 Å². The highest BCUT2D eigenvalue weighted by Gasteiger charge is 2.24. The molecule has 1 fully saturated rings. The summed E-state index contributed by atoms with van der Waals surface area (Å²) in [5, 5.41) is 11.4. The number of rotatable bonds is 7. The van der Waals surface area contributed by atoms with Gasteiger partial charge in [0.2, 0.25) is 0 Å². The van der Waals surface area contributed by atoms with Crippen molar-refractivity contribution in [3.05, 3.63) is 41.7 Å². The van der Waals surface area contributed by atoms with Crippen molar-refractivity contribution in [1.29, 1.82) is 0 Å². The molecule has 174 valence electrons. The molecule has 8 nitrogen and oxygen atoms in total. The lowest BCUT2D eigenvalue weighted by Crippen LogP contribution is -2.47. The zero-order valence-corrected chi connectivity index (χ0v) is 19.2. The van der Waals surface area contributed by atoms with Gasteiger partial charge in [0.15, 0.2) is 5.96 Å². The van der Waals surface area contributed by atoms with Crippen molar-refractivity contribution in [2.75, 3.05) is 50.7 Å². The van der Waals surface area contributed by atoms with Crippen LogP contribution in [0.5, 0.6) is 0 Å². The summed E-state index contributed by atoms with van der Waals surface area (Å²) in [5.74, 6) is 2.54. The van der Waals surface area contributed by atoms with Gasteiger partial charge in [-0.1, -0.05) is 12.1 Å². The quantitative estimate of drug-likeness (QED) is 0.390. The molecule has 0 spiro atoms. The fraction of sp³-hybridized carbons (Fsp3) is 0.609. The van der Waals surface area contributed by atoms with Gasteiger partial charge in [-0.2, -0.15) is 5.10 Å². The molecule has 2 aliphatic rings. The third-order valence-corrected chi connectivity index (χ3v) is 6.10. The Labute approximate surface area is 189 Å². The highest BCUT2D eigenvalue weighted by Crippen LogP contribution is 2.23. The van der Waals surface area contributed by atoms with E-state index in [1.165, 1.54) is 6.07 Å². The maximum Gasteiger partial charge on any atom is 0.191 e. The van der Waals surface area contributed by atoms with E-state index in [-0.39, 0.29) is 11.9 Å². The third kappa shape index (κ3) is 5.56. The maximum atomic E-state index is 14.0. The minimum atomic E-state index is -0.134. The van der Waals surface area contributed by atoms with Crippen LogP contribution < -0.4 is 15.5 Å². The van der Waals surface area contributed by atoms with Gasteiger partial charge in [0.25, 0.3) is 0 Å². The number of aromatic nitrogens is 3. The molecule has 1 unspecified atom stereocenters. The second-order valence-corrected chi connectivity index (χ2v) is 8.47. The van der Waals surface area contributed by atoms with Gasteiger partial charge in [-0.25, -0.2) is 14.1 Å². The van der Waals surface area contributed by atoms with E-state index in [1.54, 1.807) is 6.07 Å². The van der Waals surface area contributed by atoms with Crippen LogP contribution in [0.25, 0.3) is 0 Å². The molecule has 2 N–H and O–H groups in total. The van der Waals surface area contributed by atoms with Gasteiger partial charge in [0, 0.05) is 52.4 Å². The van der Waals surface area contributed by atoms with Crippen LogP contribution >= 0.6 is 0 Å². The number of anilines is 1. The number of hydrogen-bond donors (Lipinski definition) is 2. The van der Waals surface area contributed by atoms with Gasteiger partial charge >= 0.3 is 0 Å². The van der Waals surface area contributed by atoms with Crippen molar-refractivity contribution in [2.24, 2.45) is 4.99 Å². The third-order valence-electron chi connectivity index (χ3n) is 6.10. The highest BCUT2D eigenvalue weighted by molar-refractivity contribution is 5.80. The summed E-state index contributed by atoms with van der Waals surface area (Å²) in [5.41, 5.74) is 0.715. The molecular weight excluding hydrogens is 407 g/mol. The first kappa shape index (κ1) is 22.5. The van der Waals surface area contributed by atoms with Crippen LogP contribution in [0.1, 0.15) is 43.9 Å². The summed E-state index contributed by atoms with van der Waals surface area (Å²) in [6, 6.07) is 7.19. The van der Waals surface area contributed by atoms with E-state index in [9.17, 15) is 4.39 Å². The van der Waals surface area contributed by atoms with E-state index in [4.69, 9.17) is 4.99 Å². The maximum absolute atomic E-state index is 14.0. The zero-order valence-electron chi connectivity index (χ0n) is 19.2.